The topological polar surface area (TPSA) is 47.4 Å². The molecule has 4 fully saturated rings. The van der Waals surface area contributed by atoms with Gasteiger partial charge in [-0.25, -0.2) is 4.98 Å². The molecule has 3 heterocycles. The van der Waals surface area contributed by atoms with Crippen LogP contribution in [0.2, 0.25) is 0 Å². The number of para-hydroxylation sites is 2. The second kappa shape index (κ2) is 8.48. The number of carbonyl (C=O) groups is 1. The summed E-state index contributed by atoms with van der Waals surface area (Å²) in [6, 6.07) is 11.1. The molecule has 2 unspecified atom stereocenters. The molecule has 2 aliphatic carbocycles. The van der Waals surface area contributed by atoms with Crippen molar-refractivity contribution in [3.8, 4) is 0 Å². The van der Waals surface area contributed by atoms with Crippen molar-refractivity contribution >= 4 is 17.0 Å². The van der Waals surface area contributed by atoms with Gasteiger partial charge in [-0.2, -0.15) is 0 Å². The van der Waals surface area contributed by atoms with E-state index in [2.05, 4.69) is 27.7 Å². The molecule has 2 saturated carbocycles. The number of hydrogen-bond donors (Lipinski definition) is 0. The summed E-state index contributed by atoms with van der Waals surface area (Å²) in [7, 11) is 0. The maximum absolute atomic E-state index is 11.5. The minimum atomic E-state index is -0.238. The van der Waals surface area contributed by atoms with E-state index in [1.54, 1.807) is 0 Å². The van der Waals surface area contributed by atoms with Gasteiger partial charge in [0.05, 0.1) is 11.0 Å². The summed E-state index contributed by atoms with van der Waals surface area (Å²) in [6.07, 6.45) is 15.3. The molecule has 5 heteroatoms. The first-order chi connectivity index (χ1) is 15.7. The van der Waals surface area contributed by atoms with Gasteiger partial charge < -0.3 is 9.30 Å². The summed E-state index contributed by atoms with van der Waals surface area (Å²) >= 11 is 0. The zero-order chi connectivity index (χ0) is 21.7. The molecule has 2 aliphatic heterocycles. The molecule has 32 heavy (non-hydrogen) atoms. The number of esters is 1. The molecule has 6 rings (SSSR count). The molecule has 0 N–H and O–H groups in total. The smallest absolute Gasteiger partial charge is 0.303 e. The lowest BCUT2D eigenvalue weighted by atomic mass is 9.68. The van der Waals surface area contributed by atoms with E-state index in [0.29, 0.717) is 18.1 Å². The number of piperidine rings is 2. The molecule has 0 amide bonds. The Morgan fingerprint density at radius 2 is 1.59 bits per heavy atom. The van der Waals surface area contributed by atoms with Crippen LogP contribution in [-0.4, -0.2) is 38.5 Å². The SMILES string of the molecule is CC(=O)OCc1nc2ccccc2n1C1C[C@H]2CCC[C@@H](C1)N2C1C[C@H]2CCC[C@@H](C1)C2. The Morgan fingerprint density at radius 1 is 0.906 bits per heavy atom. The fourth-order valence-electron chi connectivity index (χ4n) is 7.91. The lowest BCUT2D eigenvalue weighted by Gasteiger charge is -2.55. The number of carbonyl (C=O) groups excluding carboxylic acids is 1. The summed E-state index contributed by atoms with van der Waals surface area (Å²) in [4.78, 5) is 19.4. The van der Waals surface area contributed by atoms with Crippen molar-refractivity contribution in [2.75, 3.05) is 0 Å². The molecular weight excluding hydrogens is 398 g/mol. The van der Waals surface area contributed by atoms with Crippen molar-refractivity contribution in [1.29, 1.82) is 0 Å². The maximum atomic E-state index is 11.5. The molecule has 6 atom stereocenters. The van der Waals surface area contributed by atoms with E-state index in [9.17, 15) is 4.79 Å². The van der Waals surface area contributed by atoms with Crippen molar-refractivity contribution in [1.82, 2.24) is 14.5 Å². The first kappa shape index (κ1) is 20.7. The van der Waals surface area contributed by atoms with Gasteiger partial charge in [-0.3, -0.25) is 9.69 Å². The van der Waals surface area contributed by atoms with Gasteiger partial charge in [-0.1, -0.05) is 37.8 Å². The van der Waals surface area contributed by atoms with Crippen LogP contribution in [0.25, 0.3) is 11.0 Å². The van der Waals surface area contributed by atoms with E-state index in [0.717, 1.165) is 29.2 Å². The van der Waals surface area contributed by atoms with Crippen LogP contribution in [0, 0.1) is 11.8 Å². The Bertz CT molecular complexity index is 958. The lowest BCUT2D eigenvalue weighted by molar-refractivity contribution is -0.142. The Morgan fingerprint density at radius 3 is 2.31 bits per heavy atom. The number of benzene rings is 1. The normalized spacial score (nSPS) is 35.0. The second-order valence-electron chi connectivity index (χ2n) is 11.0. The van der Waals surface area contributed by atoms with Gasteiger partial charge in [0, 0.05) is 31.1 Å². The summed E-state index contributed by atoms with van der Waals surface area (Å²) in [5.74, 6) is 2.64. The summed E-state index contributed by atoms with van der Waals surface area (Å²) in [6.45, 7) is 1.75. The highest BCUT2D eigenvalue weighted by atomic mass is 16.5. The molecule has 1 aromatic heterocycles. The monoisotopic (exact) mass is 435 g/mol. The largest absolute Gasteiger partial charge is 0.458 e. The number of rotatable bonds is 4. The molecule has 0 spiro atoms. The Kier molecular flexibility index (Phi) is 5.49. The van der Waals surface area contributed by atoms with Crippen molar-refractivity contribution in [2.24, 2.45) is 11.8 Å². The molecule has 0 radical (unpaired) electrons. The quantitative estimate of drug-likeness (QED) is 0.584. The highest BCUT2D eigenvalue weighted by molar-refractivity contribution is 5.76. The van der Waals surface area contributed by atoms with E-state index in [1.807, 2.05) is 6.07 Å². The zero-order valence-corrected chi connectivity index (χ0v) is 19.4. The molecule has 5 nitrogen and oxygen atoms in total. The first-order valence-electron chi connectivity index (χ1n) is 13.0. The van der Waals surface area contributed by atoms with Gasteiger partial charge in [0.2, 0.25) is 0 Å². The van der Waals surface area contributed by atoms with E-state index in [4.69, 9.17) is 9.72 Å². The van der Waals surface area contributed by atoms with E-state index < -0.39 is 0 Å². The summed E-state index contributed by atoms with van der Waals surface area (Å²) in [5.41, 5.74) is 2.21. The lowest BCUT2D eigenvalue weighted by Crippen LogP contribution is -2.58. The molecule has 2 saturated heterocycles. The molecule has 2 aromatic rings. The van der Waals surface area contributed by atoms with Crippen molar-refractivity contribution in [3.63, 3.8) is 0 Å². The average molecular weight is 436 g/mol. The summed E-state index contributed by atoms with van der Waals surface area (Å²) in [5, 5.41) is 0. The fourth-order valence-corrected chi connectivity index (χ4v) is 7.91. The zero-order valence-electron chi connectivity index (χ0n) is 19.4. The predicted octanol–water partition coefficient (Wildman–Crippen LogP) is 5.63. The average Bonchev–Trinajstić information content (AvgIpc) is 3.15. The van der Waals surface area contributed by atoms with Crippen LogP contribution in [-0.2, 0) is 16.1 Å². The fraction of sp³-hybridized carbons (Fsp3) is 0.704. The first-order valence-corrected chi connectivity index (χ1v) is 13.0. The van der Waals surface area contributed by atoms with Gasteiger partial charge in [-0.05, 0) is 68.9 Å². The van der Waals surface area contributed by atoms with Crippen LogP contribution in [0.4, 0.5) is 0 Å². The minimum Gasteiger partial charge on any atom is -0.458 e. The number of fused-ring (bicyclic) bond motifs is 5. The van der Waals surface area contributed by atoms with Crippen LogP contribution in [0.1, 0.15) is 89.4 Å². The van der Waals surface area contributed by atoms with Gasteiger partial charge in [0.15, 0.2) is 0 Å². The molecule has 4 bridgehead atoms. The number of ether oxygens (including phenoxy) is 1. The van der Waals surface area contributed by atoms with Gasteiger partial charge in [0.25, 0.3) is 0 Å². The molecule has 172 valence electrons. The molecular formula is C27H37N3O2. The number of aromatic nitrogens is 2. The Balaban J connectivity index is 1.28. The predicted molar refractivity (Wildman–Crippen MR) is 125 cm³/mol. The van der Waals surface area contributed by atoms with Crippen LogP contribution in [0.3, 0.4) is 0 Å². The van der Waals surface area contributed by atoms with Crippen LogP contribution in [0.15, 0.2) is 24.3 Å². The highest BCUT2D eigenvalue weighted by Crippen LogP contribution is 2.48. The van der Waals surface area contributed by atoms with Crippen molar-refractivity contribution in [3.05, 3.63) is 30.1 Å². The van der Waals surface area contributed by atoms with Crippen molar-refractivity contribution in [2.45, 2.75) is 108 Å². The van der Waals surface area contributed by atoms with Crippen LogP contribution in [0.5, 0.6) is 0 Å². The standard InChI is InChI=1S/C27H37N3O2/c1-18(31)32-17-27-28-25-10-2-3-11-26(25)30(27)24-15-21-8-5-9-22(16-24)29(21)23-13-19-6-4-7-20(12-19)14-23/h2-3,10-11,19-24H,4-9,12-17H2,1H3/t19-,20+,21-,22+,23?,24?. The third-order valence-electron chi connectivity index (χ3n) is 8.97. The highest BCUT2D eigenvalue weighted by Gasteiger charge is 2.45. The number of nitrogens with zero attached hydrogens (tertiary/aromatic N) is 3. The van der Waals surface area contributed by atoms with E-state index >= 15 is 0 Å². The Hall–Kier alpha value is -1.88. The van der Waals surface area contributed by atoms with Crippen LogP contribution >= 0.6 is 0 Å². The van der Waals surface area contributed by atoms with Gasteiger partial charge in [0.1, 0.15) is 12.4 Å². The number of imidazole rings is 1. The third-order valence-corrected chi connectivity index (χ3v) is 8.97. The maximum Gasteiger partial charge on any atom is 0.303 e. The minimum absolute atomic E-state index is 0.238. The summed E-state index contributed by atoms with van der Waals surface area (Å²) < 4.78 is 7.84. The third kappa shape index (κ3) is 3.76. The second-order valence-corrected chi connectivity index (χ2v) is 11.0. The molecule has 1 aromatic carbocycles. The number of hydrogen-bond acceptors (Lipinski definition) is 4. The van der Waals surface area contributed by atoms with Crippen molar-refractivity contribution < 1.29 is 9.53 Å². The van der Waals surface area contributed by atoms with Gasteiger partial charge >= 0.3 is 5.97 Å². The molecule has 4 aliphatic rings. The Labute approximate surface area is 191 Å². The van der Waals surface area contributed by atoms with E-state index in [-0.39, 0.29) is 12.6 Å². The van der Waals surface area contributed by atoms with E-state index in [1.165, 1.54) is 83.1 Å². The van der Waals surface area contributed by atoms with Gasteiger partial charge in [-0.15, -0.1) is 0 Å². The van der Waals surface area contributed by atoms with Crippen LogP contribution < -0.4 is 0 Å².